The van der Waals surface area contributed by atoms with E-state index in [1.165, 1.54) is 11.1 Å². The van der Waals surface area contributed by atoms with Gasteiger partial charge in [0.1, 0.15) is 5.75 Å². The number of nitrogens with one attached hydrogen (secondary N) is 1. The highest BCUT2D eigenvalue weighted by Crippen LogP contribution is 2.27. The summed E-state index contributed by atoms with van der Waals surface area (Å²) in [4.78, 5) is 0. The van der Waals surface area contributed by atoms with Crippen molar-refractivity contribution in [1.82, 2.24) is 5.32 Å². The van der Waals surface area contributed by atoms with Gasteiger partial charge in [-0.05, 0) is 24.1 Å². The van der Waals surface area contributed by atoms with E-state index in [2.05, 4.69) is 58.5 Å². The highest BCUT2D eigenvalue weighted by atomic mass is 79.9. The van der Waals surface area contributed by atoms with Gasteiger partial charge in [-0.3, -0.25) is 0 Å². The number of para-hydroxylation sites is 1. The molecule has 0 fully saturated rings. The Morgan fingerprint density at radius 1 is 1.10 bits per heavy atom. The molecule has 1 unspecified atom stereocenters. The molecule has 0 aliphatic rings. The fourth-order valence-corrected chi connectivity index (χ4v) is 2.73. The first kappa shape index (κ1) is 15.1. The molecule has 0 radical (unpaired) electrons. The third-order valence-electron chi connectivity index (χ3n) is 3.42. The first-order valence-electron chi connectivity index (χ1n) is 6.86. The fraction of sp³-hybridized carbons (Fsp3) is 0.294. The molecule has 0 bridgehead atoms. The molecular weight excluding hydrogens is 314 g/mol. The molecule has 1 N–H and O–H groups in total. The molecule has 0 heterocycles. The van der Waals surface area contributed by atoms with Crippen LogP contribution in [-0.4, -0.2) is 7.11 Å². The van der Waals surface area contributed by atoms with Crippen molar-refractivity contribution in [2.45, 2.75) is 25.9 Å². The second-order valence-electron chi connectivity index (χ2n) is 4.68. The summed E-state index contributed by atoms with van der Waals surface area (Å²) < 4.78 is 6.60. The van der Waals surface area contributed by atoms with E-state index in [-0.39, 0.29) is 0 Å². The Balaban J connectivity index is 2.11. The zero-order valence-corrected chi connectivity index (χ0v) is 13.5. The SMILES string of the molecule is CCC(NCc1ccccc1Br)c1ccccc1OC. The van der Waals surface area contributed by atoms with Gasteiger partial charge in [0.25, 0.3) is 0 Å². The zero-order valence-electron chi connectivity index (χ0n) is 11.9. The predicted octanol–water partition coefficient (Wildman–Crippen LogP) is 4.70. The van der Waals surface area contributed by atoms with Crippen LogP contribution in [0.2, 0.25) is 0 Å². The maximum atomic E-state index is 5.45. The number of halogens is 1. The van der Waals surface area contributed by atoms with Crippen molar-refractivity contribution in [3.8, 4) is 5.75 Å². The van der Waals surface area contributed by atoms with E-state index in [1.807, 2.05) is 18.2 Å². The summed E-state index contributed by atoms with van der Waals surface area (Å²) in [6.45, 7) is 3.02. The van der Waals surface area contributed by atoms with Crippen molar-refractivity contribution in [2.75, 3.05) is 7.11 Å². The second kappa shape index (κ2) is 7.46. The number of rotatable bonds is 6. The third kappa shape index (κ3) is 3.62. The van der Waals surface area contributed by atoms with Crippen LogP contribution in [0.4, 0.5) is 0 Å². The molecule has 0 aliphatic heterocycles. The maximum Gasteiger partial charge on any atom is 0.123 e. The van der Waals surface area contributed by atoms with E-state index in [4.69, 9.17) is 4.74 Å². The first-order valence-corrected chi connectivity index (χ1v) is 7.65. The molecule has 2 rings (SSSR count). The predicted molar refractivity (Wildman–Crippen MR) is 87.0 cm³/mol. The molecule has 3 heteroatoms. The Morgan fingerprint density at radius 3 is 2.50 bits per heavy atom. The highest BCUT2D eigenvalue weighted by molar-refractivity contribution is 9.10. The van der Waals surface area contributed by atoms with Crippen LogP contribution < -0.4 is 10.1 Å². The van der Waals surface area contributed by atoms with Gasteiger partial charge < -0.3 is 10.1 Å². The van der Waals surface area contributed by atoms with Crippen LogP contribution in [0.3, 0.4) is 0 Å². The molecule has 0 aromatic heterocycles. The van der Waals surface area contributed by atoms with Crippen molar-refractivity contribution in [2.24, 2.45) is 0 Å². The van der Waals surface area contributed by atoms with Crippen LogP contribution in [0.25, 0.3) is 0 Å². The standard InChI is InChI=1S/C17H20BrNO/c1-3-16(14-9-5-7-11-17(14)20-2)19-12-13-8-4-6-10-15(13)18/h4-11,16,19H,3,12H2,1-2H3. The van der Waals surface area contributed by atoms with Crippen molar-refractivity contribution >= 4 is 15.9 Å². The molecule has 1 atom stereocenters. The summed E-state index contributed by atoms with van der Waals surface area (Å²) in [5, 5.41) is 3.61. The van der Waals surface area contributed by atoms with Crippen molar-refractivity contribution in [3.63, 3.8) is 0 Å². The number of ether oxygens (including phenoxy) is 1. The van der Waals surface area contributed by atoms with Crippen LogP contribution in [0.1, 0.15) is 30.5 Å². The van der Waals surface area contributed by atoms with E-state index in [9.17, 15) is 0 Å². The molecule has 20 heavy (non-hydrogen) atoms. The molecule has 0 amide bonds. The monoisotopic (exact) mass is 333 g/mol. The Morgan fingerprint density at radius 2 is 1.80 bits per heavy atom. The Bertz CT molecular complexity index is 556. The van der Waals surface area contributed by atoms with Crippen molar-refractivity contribution in [3.05, 3.63) is 64.1 Å². The number of benzene rings is 2. The molecule has 106 valence electrons. The van der Waals surface area contributed by atoms with Gasteiger partial charge in [-0.1, -0.05) is 59.3 Å². The molecule has 0 spiro atoms. The van der Waals surface area contributed by atoms with E-state index in [0.29, 0.717) is 6.04 Å². The molecule has 0 aliphatic carbocycles. The van der Waals surface area contributed by atoms with Gasteiger partial charge in [-0.2, -0.15) is 0 Å². The fourth-order valence-electron chi connectivity index (χ4n) is 2.30. The first-order chi connectivity index (χ1) is 9.76. The quantitative estimate of drug-likeness (QED) is 0.827. The van der Waals surface area contributed by atoms with Crippen LogP contribution in [-0.2, 0) is 6.54 Å². The summed E-state index contributed by atoms with van der Waals surface area (Å²) in [5.74, 6) is 0.943. The number of methoxy groups -OCH3 is 1. The van der Waals surface area contributed by atoms with E-state index in [1.54, 1.807) is 7.11 Å². The topological polar surface area (TPSA) is 21.3 Å². The van der Waals surface area contributed by atoms with Crippen LogP contribution >= 0.6 is 15.9 Å². The summed E-state index contributed by atoms with van der Waals surface area (Å²) in [5.41, 5.74) is 2.48. The number of hydrogen-bond acceptors (Lipinski definition) is 2. The van der Waals surface area contributed by atoms with Gasteiger partial charge in [-0.15, -0.1) is 0 Å². The molecule has 0 saturated heterocycles. The van der Waals surface area contributed by atoms with Crippen molar-refractivity contribution in [1.29, 1.82) is 0 Å². The summed E-state index contributed by atoms with van der Waals surface area (Å²) in [6, 6.07) is 16.8. The van der Waals surface area contributed by atoms with E-state index in [0.717, 1.165) is 23.2 Å². The van der Waals surface area contributed by atoms with Crippen LogP contribution in [0, 0.1) is 0 Å². The average Bonchev–Trinajstić information content (AvgIpc) is 2.50. The minimum atomic E-state index is 0.290. The zero-order chi connectivity index (χ0) is 14.4. The van der Waals surface area contributed by atoms with Gasteiger partial charge in [0, 0.05) is 22.6 Å². The molecule has 2 aromatic carbocycles. The number of hydrogen-bond donors (Lipinski definition) is 1. The van der Waals surface area contributed by atoms with E-state index < -0.39 is 0 Å². The molecule has 0 saturated carbocycles. The second-order valence-corrected chi connectivity index (χ2v) is 5.53. The molecule has 2 aromatic rings. The Kier molecular flexibility index (Phi) is 5.62. The maximum absolute atomic E-state index is 5.45. The summed E-state index contributed by atoms with van der Waals surface area (Å²) in [7, 11) is 1.72. The minimum Gasteiger partial charge on any atom is -0.496 e. The van der Waals surface area contributed by atoms with Gasteiger partial charge >= 0.3 is 0 Å². The van der Waals surface area contributed by atoms with Crippen LogP contribution in [0.5, 0.6) is 5.75 Å². The largest absolute Gasteiger partial charge is 0.496 e. The Labute approximate surface area is 129 Å². The average molecular weight is 334 g/mol. The van der Waals surface area contributed by atoms with Gasteiger partial charge in [0.05, 0.1) is 7.11 Å². The van der Waals surface area contributed by atoms with Gasteiger partial charge in [0.15, 0.2) is 0 Å². The summed E-state index contributed by atoms with van der Waals surface area (Å²) in [6.07, 6.45) is 1.02. The van der Waals surface area contributed by atoms with E-state index >= 15 is 0 Å². The van der Waals surface area contributed by atoms with Gasteiger partial charge in [0.2, 0.25) is 0 Å². The van der Waals surface area contributed by atoms with Gasteiger partial charge in [-0.25, -0.2) is 0 Å². The minimum absolute atomic E-state index is 0.290. The lowest BCUT2D eigenvalue weighted by Crippen LogP contribution is -2.21. The lowest BCUT2D eigenvalue weighted by Gasteiger charge is -2.20. The third-order valence-corrected chi connectivity index (χ3v) is 4.19. The summed E-state index contributed by atoms with van der Waals surface area (Å²) >= 11 is 3.59. The normalized spacial score (nSPS) is 12.2. The van der Waals surface area contributed by atoms with Crippen LogP contribution in [0.15, 0.2) is 53.0 Å². The van der Waals surface area contributed by atoms with Crippen molar-refractivity contribution < 1.29 is 4.74 Å². The highest BCUT2D eigenvalue weighted by Gasteiger charge is 2.13. The smallest absolute Gasteiger partial charge is 0.123 e. The molecular formula is C17H20BrNO. The Hall–Kier alpha value is -1.32. The lowest BCUT2D eigenvalue weighted by molar-refractivity contribution is 0.396. The lowest BCUT2D eigenvalue weighted by atomic mass is 10.0. The molecule has 2 nitrogen and oxygen atoms in total.